The van der Waals surface area contributed by atoms with Gasteiger partial charge in [-0.15, -0.1) is 11.3 Å². The number of amides is 2. The van der Waals surface area contributed by atoms with Crippen LogP contribution < -0.4 is 5.32 Å². The number of nitrogens with one attached hydrogen (secondary N) is 1. The molecule has 1 aliphatic heterocycles. The number of carbonyl (C=O) groups is 2. The van der Waals surface area contributed by atoms with E-state index in [1.54, 1.807) is 6.92 Å². The largest absolute Gasteiger partial charge is 0.323 e. The summed E-state index contributed by atoms with van der Waals surface area (Å²) >= 11 is 6.86. The van der Waals surface area contributed by atoms with Crippen LogP contribution >= 0.6 is 22.9 Å². The number of Topliss-reactive ketones (excluding diaryl/α,β-unsaturated/α-hetero) is 1. The average molecular weight is 352 g/mol. The Balaban J connectivity index is 2.19. The van der Waals surface area contributed by atoms with Gasteiger partial charge < -0.3 is 5.32 Å². The first-order valence-corrected chi connectivity index (χ1v) is 8.30. The van der Waals surface area contributed by atoms with E-state index >= 15 is 0 Å². The summed E-state index contributed by atoms with van der Waals surface area (Å²) in [6.07, 6.45) is 1.01. The molecular weight excluding hydrogens is 342 g/mol. The summed E-state index contributed by atoms with van der Waals surface area (Å²) in [5.74, 6) is -0.351. The maximum absolute atomic E-state index is 12.0. The third-order valence-corrected chi connectivity index (χ3v) is 5.04. The number of hydrogen-bond donors (Lipinski definition) is 2. The van der Waals surface area contributed by atoms with Crippen molar-refractivity contribution in [2.24, 2.45) is 0 Å². The Bertz CT molecular complexity index is 727. The number of thiazole rings is 1. The number of ketones is 1. The zero-order valence-electron chi connectivity index (χ0n) is 10.6. The topological polar surface area (TPSA) is 117 Å². The summed E-state index contributed by atoms with van der Waals surface area (Å²) in [4.78, 5) is 29.1. The van der Waals surface area contributed by atoms with Crippen LogP contribution in [0.4, 0.5) is 4.79 Å². The number of halogens is 1. The number of rotatable bonds is 4. The molecule has 1 atom stereocenters. The van der Waals surface area contributed by atoms with E-state index in [9.17, 15) is 18.0 Å². The van der Waals surface area contributed by atoms with Crippen LogP contribution in [0.25, 0.3) is 0 Å². The Morgan fingerprint density at radius 2 is 2.29 bits per heavy atom. The molecule has 2 heterocycles. The molecule has 8 nitrogen and oxygen atoms in total. The van der Waals surface area contributed by atoms with Gasteiger partial charge in [-0.1, -0.05) is 11.6 Å². The zero-order chi connectivity index (χ0) is 15.8. The van der Waals surface area contributed by atoms with Gasteiger partial charge in [0.2, 0.25) is 0 Å². The molecule has 0 bridgehead atoms. The second-order valence-corrected chi connectivity index (χ2v) is 6.97. The number of aryl methyl sites for hydroxylation is 1. The van der Waals surface area contributed by atoms with Gasteiger partial charge in [0.05, 0.1) is 27.7 Å². The van der Waals surface area contributed by atoms with Crippen molar-refractivity contribution in [3.05, 3.63) is 27.3 Å². The van der Waals surface area contributed by atoms with Gasteiger partial charge in [-0.05, 0) is 6.92 Å². The molecule has 1 aromatic rings. The fraction of sp³-hybridized carbons (Fsp3) is 0.300. The van der Waals surface area contributed by atoms with E-state index in [2.05, 4.69) is 4.98 Å². The first kappa shape index (κ1) is 15.9. The highest BCUT2D eigenvalue weighted by Gasteiger charge is 2.35. The van der Waals surface area contributed by atoms with Gasteiger partial charge >= 0.3 is 6.03 Å². The van der Waals surface area contributed by atoms with E-state index in [0.717, 1.165) is 22.4 Å². The normalized spacial score (nSPS) is 19.2. The Morgan fingerprint density at radius 3 is 2.81 bits per heavy atom. The van der Waals surface area contributed by atoms with Gasteiger partial charge in [0.25, 0.3) is 10.1 Å². The molecule has 1 aliphatic rings. The molecule has 0 spiro atoms. The smallest absolute Gasteiger partial charge is 0.314 e. The lowest BCUT2D eigenvalue weighted by molar-refractivity contribution is 0.0963. The maximum Gasteiger partial charge on any atom is 0.323 e. The van der Waals surface area contributed by atoms with Crippen LogP contribution in [0.2, 0.25) is 0 Å². The third-order valence-electron chi connectivity index (χ3n) is 2.66. The predicted molar refractivity (Wildman–Crippen MR) is 75.7 cm³/mol. The van der Waals surface area contributed by atoms with Crippen molar-refractivity contribution in [3.63, 3.8) is 0 Å². The van der Waals surface area contributed by atoms with Crippen LogP contribution in [0.5, 0.6) is 0 Å². The van der Waals surface area contributed by atoms with Gasteiger partial charge in [0.15, 0.2) is 11.2 Å². The van der Waals surface area contributed by atoms with Gasteiger partial charge in [-0.3, -0.25) is 14.2 Å². The highest BCUT2D eigenvalue weighted by Crippen LogP contribution is 2.20. The Labute approximate surface area is 129 Å². The second-order valence-electron chi connectivity index (χ2n) is 4.18. The van der Waals surface area contributed by atoms with Crippen molar-refractivity contribution in [2.75, 3.05) is 6.54 Å². The summed E-state index contributed by atoms with van der Waals surface area (Å²) in [7, 11) is -4.56. The van der Waals surface area contributed by atoms with E-state index in [4.69, 9.17) is 16.2 Å². The molecule has 1 aromatic heterocycles. The van der Waals surface area contributed by atoms with Crippen LogP contribution in [0.3, 0.4) is 0 Å². The Kier molecular flexibility index (Phi) is 4.33. The van der Waals surface area contributed by atoms with Crippen molar-refractivity contribution in [2.45, 2.75) is 12.3 Å². The molecule has 21 heavy (non-hydrogen) atoms. The van der Waals surface area contributed by atoms with Crippen LogP contribution in [-0.4, -0.2) is 46.6 Å². The molecule has 0 saturated carbocycles. The van der Waals surface area contributed by atoms with E-state index in [0.29, 0.717) is 10.6 Å². The lowest BCUT2D eigenvalue weighted by Gasteiger charge is -2.27. The molecule has 0 radical (unpaired) electrons. The summed E-state index contributed by atoms with van der Waals surface area (Å²) in [5, 5.41) is -0.0275. The van der Waals surface area contributed by atoms with Gasteiger partial charge in [0, 0.05) is 6.20 Å². The number of aromatic nitrogens is 1. The third kappa shape index (κ3) is 3.40. The van der Waals surface area contributed by atoms with Crippen LogP contribution in [0.15, 0.2) is 16.7 Å². The molecule has 2 amide bonds. The first-order valence-electron chi connectivity index (χ1n) is 5.54. The fourth-order valence-electron chi connectivity index (χ4n) is 1.67. The van der Waals surface area contributed by atoms with E-state index in [1.165, 1.54) is 5.51 Å². The van der Waals surface area contributed by atoms with Gasteiger partial charge in [0.1, 0.15) is 0 Å². The molecule has 0 aliphatic carbocycles. The van der Waals surface area contributed by atoms with Crippen LogP contribution in [-0.2, 0) is 10.1 Å². The van der Waals surface area contributed by atoms with Gasteiger partial charge in [-0.2, -0.15) is 8.42 Å². The quantitative estimate of drug-likeness (QED) is 0.616. The van der Waals surface area contributed by atoms with Crippen molar-refractivity contribution < 1.29 is 22.6 Å². The van der Waals surface area contributed by atoms with Crippen molar-refractivity contribution in [1.82, 2.24) is 15.2 Å². The SMILES string of the molecule is Cc1ncsc1C(=O)CN1C=C(Cl)C(S(=O)(=O)O)NC1=O. The minimum atomic E-state index is -4.56. The summed E-state index contributed by atoms with van der Waals surface area (Å²) in [5.41, 5.74) is 2.06. The summed E-state index contributed by atoms with van der Waals surface area (Å²) in [6, 6.07) is -0.849. The molecule has 114 valence electrons. The molecule has 2 rings (SSSR count). The summed E-state index contributed by atoms with van der Waals surface area (Å²) < 4.78 is 31.0. The molecule has 0 fully saturated rings. The highest BCUT2D eigenvalue weighted by molar-refractivity contribution is 7.86. The molecular formula is C10H10ClN3O5S2. The fourth-order valence-corrected chi connectivity index (χ4v) is 3.51. The monoisotopic (exact) mass is 351 g/mol. The van der Waals surface area contributed by atoms with E-state index in [-0.39, 0.29) is 17.4 Å². The number of urea groups is 1. The minimum Gasteiger partial charge on any atom is -0.314 e. The van der Waals surface area contributed by atoms with Crippen molar-refractivity contribution in [1.29, 1.82) is 0 Å². The summed E-state index contributed by atoms with van der Waals surface area (Å²) in [6.45, 7) is 1.35. The average Bonchev–Trinajstić information content (AvgIpc) is 2.78. The number of carbonyl (C=O) groups excluding carboxylic acids is 2. The molecule has 0 saturated heterocycles. The van der Waals surface area contributed by atoms with E-state index in [1.807, 2.05) is 5.32 Å². The van der Waals surface area contributed by atoms with E-state index < -0.39 is 21.5 Å². The maximum atomic E-state index is 12.0. The lowest BCUT2D eigenvalue weighted by atomic mass is 10.2. The minimum absolute atomic E-state index is 0.314. The predicted octanol–water partition coefficient (Wildman–Crippen LogP) is 0.954. The van der Waals surface area contributed by atoms with Crippen molar-refractivity contribution >= 4 is 44.9 Å². The lowest BCUT2D eigenvalue weighted by Crippen LogP contribution is -2.51. The first-order chi connectivity index (χ1) is 9.70. The van der Waals surface area contributed by atoms with Gasteiger partial charge in [-0.25, -0.2) is 9.78 Å². The standard InChI is InChI=1S/C10H10ClN3O5S2/c1-5-8(20-4-12-5)7(15)3-14-2-6(11)9(13-10(14)16)21(17,18)19/h2,4,9H,3H2,1H3,(H,13,16)(H,17,18,19). The molecule has 11 heteroatoms. The number of nitrogens with zero attached hydrogens (tertiary/aromatic N) is 2. The zero-order valence-corrected chi connectivity index (χ0v) is 13.0. The Morgan fingerprint density at radius 1 is 1.62 bits per heavy atom. The highest BCUT2D eigenvalue weighted by atomic mass is 35.5. The number of hydrogen-bond acceptors (Lipinski definition) is 6. The van der Waals surface area contributed by atoms with Crippen LogP contribution in [0, 0.1) is 6.92 Å². The Hall–Kier alpha value is -1.49. The van der Waals surface area contributed by atoms with Crippen LogP contribution in [0.1, 0.15) is 15.4 Å². The van der Waals surface area contributed by atoms with Crippen molar-refractivity contribution in [3.8, 4) is 0 Å². The molecule has 2 N–H and O–H groups in total. The molecule has 1 unspecified atom stereocenters. The molecule has 0 aromatic carbocycles. The second kappa shape index (κ2) is 5.72.